The highest BCUT2D eigenvalue weighted by molar-refractivity contribution is 5.76. The summed E-state index contributed by atoms with van der Waals surface area (Å²) in [6, 6.07) is 6.48. The molecule has 2 saturated heterocycles. The van der Waals surface area contributed by atoms with Crippen molar-refractivity contribution in [2.45, 2.75) is 62.1 Å². The first kappa shape index (κ1) is 21.1. The number of carbonyl (C=O) groups excluding carboxylic acids is 1. The van der Waals surface area contributed by atoms with Crippen LogP contribution in [0.25, 0.3) is 0 Å². The number of methoxy groups -OCH3 is 1. The summed E-state index contributed by atoms with van der Waals surface area (Å²) >= 11 is 0. The van der Waals surface area contributed by atoms with Gasteiger partial charge in [-0.25, -0.2) is 0 Å². The third-order valence-corrected chi connectivity index (χ3v) is 8.75. The number of ether oxygens (including phenoxy) is 1. The Kier molecular flexibility index (Phi) is 4.99. The average molecular weight is 452 g/mol. The molecule has 0 unspecified atom stereocenters. The quantitative estimate of drug-likeness (QED) is 0.744. The predicted molar refractivity (Wildman–Crippen MR) is 122 cm³/mol. The fourth-order valence-electron chi connectivity index (χ4n) is 6.78. The molecule has 8 nitrogen and oxygen atoms in total. The summed E-state index contributed by atoms with van der Waals surface area (Å²) in [4.78, 5) is 19.0. The summed E-state index contributed by atoms with van der Waals surface area (Å²) < 4.78 is 5.59. The van der Waals surface area contributed by atoms with E-state index in [9.17, 15) is 9.90 Å². The van der Waals surface area contributed by atoms with Gasteiger partial charge in [-0.1, -0.05) is 6.07 Å². The number of carbonyl (C=O) groups is 1. The van der Waals surface area contributed by atoms with Crippen LogP contribution in [0.15, 0.2) is 30.6 Å². The van der Waals surface area contributed by atoms with Crippen molar-refractivity contribution in [2.75, 3.05) is 33.3 Å². The fourth-order valence-corrected chi connectivity index (χ4v) is 6.78. The van der Waals surface area contributed by atoms with Crippen molar-refractivity contribution in [1.82, 2.24) is 24.8 Å². The van der Waals surface area contributed by atoms with E-state index < -0.39 is 5.60 Å². The molecular weight excluding hydrogens is 418 g/mol. The molecular formula is C25H33N5O3. The Hall–Kier alpha value is -2.45. The fraction of sp³-hybridized carbons (Fsp3) is 0.640. The summed E-state index contributed by atoms with van der Waals surface area (Å²) in [5.74, 6) is 1.63. The van der Waals surface area contributed by atoms with E-state index in [1.54, 1.807) is 19.5 Å². The molecule has 3 heterocycles. The summed E-state index contributed by atoms with van der Waals surface area (Å²) in [5.41, 5.74) is 1.33. The second-order valence-electron chi connectivity index (χ2n) is 10.4. The molecule has 33 heavy (non-hydrogen) atoms. The predicted octanol–water partition coefficient (Wildman–Crippen LogP) is 1.62. The topological polar surface area (TPSA) is 83.7 Å². The van der Waals surface area contributed by atoms with Gasteiger partial charge in [-0.05, 0) is 74.2 Å². The van der Waals surface area contributed by atoms with Gasteiger partial charge in [0.05, 0.1) is 25.1 Å². The average Bonchev–Trinajstić information content (AvgIpc) is 3.52. The third kappa shape index (κ3) is 3.37. The number of aliphatic hydroxyl groups is 1. The van der Waals surface area contributed by atoms with Crippen LogP contribution in [-0.2, 0) is 23.2 Å². The molecule has 3 fully saturated rings. The molecule has 0 radical (unpaired) electrons. The van der Waals surface area contributed by atoms with Gasteiger partial charge >= 0.3 is 0 Å². The van der Waals surface area contributed by atoms with E-state index in [0.29, 0.717) is 19.5 Å². The van der Waals surface area contributed by atoms with Crippen molar-refractivity contribution >= 4 is 5.91 Å². The molecule has 2 aromatic rings. The van der Waals surface area contributed by atoms with Crippen LogP contribution in [0.1, 0.15) is 43.2 Å². The number of nitrogens with zero attached hydrogens (tertiary/aromatic N) is 5. The van der Waals surface area contributed by atoms with Crippen LogP contribution in [0.4, 0.5) is 0 Å². The zero-order valence-electron chi connectivity index (χ0n) is 19.3. The second kappa shape index (κ2) is 7.81. The van der Waals surface area contributed by atoms with Crippen LogP contribution in [-0.4, -0.2) is 80.7 Å². The van der Waals surface area contributed by atoms with E-state index in [2.05, 4.69) is 27.2 Å². The summed E-state index contributed by atoms with van der Waals surface area (Å²) in [7, 11) is 1.70. The van der Waals surface area contributed by atoms with E-state index in [1.807, 2.05) is 11.0 Å². The zero-order valence-corrected chi connectivity index (χ0v) is 19.3. The zero-order chi connectivity index (χ0) is 22.6. The molecule has 1 saturated carbocycles. The molecule has 8 heteroatoms. The lowest BCUT2D eigenvalue weighted by Crippen LogP contribution is -2.71. The molecule has 2 aliphatic carbocycles. The number of amides is 1. The number of aromatic nitrogens is 3. The first-order valence-electron chi connectivity index (χ1n) is 12.3. The summed E-state index contributed by atoms with van der Waals surface area (Å²) in [6.07, 6.45) is 8.92. The van der Waals surface area contributed by atoms with Crippen molar-refractivity contribution < 1.29 is 14.6 Å². The first-order valence-corrected chi connectivity index (χ1v) is 12.3. The highest BCUT2D eigenvalue weighted by atomic mass is 16.5. The summed E-state index contributed by atoms with van der Waals surface area (Å²) in [6.45, 7) is 3.42. The standard InChI is InChI=1S/C25H33N5O3/c1-33-20-5-4-19-14-22-25(32)8-13-28(23(31)17-30-26-9-10-27-30)11-6-24(25,21(19)15-20)7-12-29(22)16-18-2-3-18/h4-5,9-10,15,18,22,32H,2-3,6-8,11-14,16-17H2,1H3/t22-,24+,25-/m1/s1. The molecule has 4 aliphatic rings. The van der Waals surface area contributed by atoms with E-state index in [0.717, 1.165) is 44.0 Å². The van der Waals surface area contributed by atoms with Gasteiger partial charge in [-0.3, -0.25) is 9.69 Å². The van der Waals surface area contributed by atoms with Gasteiger partial charge in [-0.2, -0.15) is 15.0 Å². The second-order valence-corrected chi connectivity index (χ2v) is 10.4. The van der Waals surface area contributed by atoms with Crippen LogP contribution < -0.4 is 4.74 Å². The number of fused-ring (bicyclic) bond motifs is 1. The Balaban J connectivity index is 1.36. The number of rotatable bonds is 5. The van der Waals surface area contributed by atoms with Crippen LogP contribution in [0.3, 0.4) is 0 Å². The Morgan fingerprint density at radius 3 is 2.67 bits per heavy atom. The number of benzene rings is 1. The first-order chi connectivity index (χ1) is 16.0. The van der Waals surface area contributed by atoms with E-state index in [-0.39, 0.29) is 23.9 Å². The molecule has 2 bridgehead atoms. The van der Waals surface area contributed by atoms with Crippen molar-refractivity contribution in [3.8, 4) is 5.75 Å². The molecule has 0 spiro atoms. The van der Waals surface area contributed by atoms with Crippen molar-refractivity contribution in [2.24, 2.45) is 5.92 Å². The maximum atomic E-state index is 13.1. The highest BCUT2D eigenvalue weighted by Crippen LogP contribution is 2.56. The Labute approximate surface area is 194 Å². The van der Waals surface area contributed by atoms with Gasteiger partial charge < -0.3 is 14.7 Å². The number of piperidine rings is 1. The van der Waals surface area contributed by atoms with Crippen LogP contribution in [0.2, 0.25) is 0 Å². The molecule has 1 amide bonds. The van der Waals surface area contributed by atoms with Gasteiger partial charge in [0.1, 0.15) is 12.3 Å². The lowest BCUT2D eigenvalue weighted by Gasteiger charge is -2.61. The van der Waals surface area contributed by atoms with Gasteiger partial charge in [0, 0.05) is 31.1 Å². The normalized spacial score (nSPS) is 31.5. The molecule has 1 N–H and O–H groups in total. The smallest absolute Gasteiger partial charge is 0.246 e. The molecule has 2 aliphatic heterocycles. The Bertz CT molecular complexity index is 1040. The molecule has 6 rings (SSSR count). The molecule has 176 valence electrons. The van der Waals surface area contributed by atoms with Gasteiger partial charge in [0.2, 0.25) is 5.91 Å². The minimum Gasteiger partial charge on any atom is -0.497 e. The number of hydrogen-bond donors (Lipinski definition) is 1. The minimum atomic E-state index is -0.863. The van der Waals surface area contributed by atoms with E-state index in [1.165, 1.54) is 28.8 Å². The van der Waals surface area contributed by atoms with Crippen LogP contribution in [0, 0.1) is 5.92 Å². The van der Waals surface area contributed by atoms with Crippen molar-refractivity contribution in [3.05, 3.63) is 41.7 Å². The Morgan fingerprint density at radius 1 is 1.15 bits per heavy atom. The summed E-state index contributed by atoms with van der Waals surface area (Å²) in [5, 5.41) is 20.7. The maximum absolute atomic E-state index is 13.1. The van der Waals surface area contributed by atoms with Crippen molar-refractivity contribution in [3.63, 3.8) is 0 Å². The largest absolute Gasteiger partial charge is 0.497 e. The minimum absolute atomic E-state index is 0.0140. The number of hydrogen-bond acceptors (Lipinski definition) is 6. The monoisotopic (exact) mass is 451 g/mol. The van der Waals surface area contributed by atoms with E-state index >= 15 is 0 Å². The third-order valence-electron chi connectivity index (χ3n) is 8.75. The SMILES string of the molecule is COc1ccc2c(c1)[C@@]13CCN(C(=O)Cn4nccn4)CC[C@@]1(O)[C@@H](C2)N(CC1CC1)CC3. The van der Waals surface area contributed by atoms with Gasteiger partial charge in [0.25, 0.3) is 0 Å². The molecule has 1 aromatic carbocycles. The molecule has 3 atom stereocenters. The van der Waals surface area contributed by atoms with Crippen LogP contribution in [0.5, 0.6) is 5.75 Å². The Morgan fingerprint density at radius 2 is 1.91 bits per heavy atom. The van der Waals surface area contributed by atoms with Gasteiger partial charge in [-0.15, -0.1) is 0 Å². The van der Waals surface area contributed by atoms with Crippen molar-refractivity contribution in [1.29, 1.82) is 0 Å². The van der Waals surface area contributed by atoms with E-state index in [4.69, 9.17) is 4.74 Å². The highest BCUT2D eigenvalue weighted by Gasteiger charge is 2.63. The number of likely N-dealkylation sites (tertiary alicyclic amines) is 2. The lowest BCUT2D eigenvalue weighted by atomic mass is 9.52. The molecule has 1 aromatic heterocycles. The maximum Gasteiger partial charge on any atom is 0.246 e. The lowest BCUT2D eigenvalue weighted by molar-refractivity contribution is -0.149. The van der Waals surface area contributed by atoms with Crippen LogP contribution >= 0.6 is 0 Å². The van der Waals surface area contributed by atoms with Gasteiger partial charge in [0.15, 0.2) is 0 Å².